The number of carbonyl (C=O) groups is 1. The molecular formula is C8H11BrF2O2. The van der Waals surface area contributed by atoms with Crippen molar-refractivity contribution >= 4 is 21.9 Å². The van der Waals surface area contributed by atoms with Crippen LogP contribution in [-0.4, -0.2) is 22.8 Å². The zero-order valence-corrected chi connectivity index (χ0v) is 9.24. The molecule has 2 nitrogen and oxygen atoms in total. The average Bonchev–Trinajstić information content (AvgIpc) is 2.26. The number of esters is 1. The molecule has 5 heteroatoms. The number of carbonyl (C=O) groups excluding carboxylic acids is 1. The van der Waals surface area contributed by atoms with E-state index in [4.69, 9.17) is 0 Å². The van der Waals surface area contributed by atoms with Crippen LogP contribution in [0.3, 0.4) is 0 Å². The van der Waals surface area contributed by atoms with Gasteiger partial charge < -0.3 is 4.74 Å². The number of rotatable bonds is 2. The van der Waals surface area contributed by atoms with Crippen molar-refractivity contribution in [2.45, 2.75) is 31.0 Å². The summed E-state index contributed by atoms with van der Waals surface area (Å²) < 4.78 is 29.5. The van der Waals surface area contributed by atoms with Gasteiger partial charge in [0.1, 0.15) is 6.61 Å². The Morgan fingerprint density at radius 3 is 2.08 bits per heavy atom. The molecule has 0 aromatic heterocycles. The molecule has 1 saturated carbocycles. The molecule has 0 saturated heterocycles. The second-order valence-corrected chi connectivity index (χ2v) is 4.87. The molecule has 0 aromatic carbocycles. The number of hydrogen-bond acceptors (Lipinski definition) is 2. The smallest absolute Gasteiger partial charge is 0.302 e. The van der Waals surface area contributed by atoms with Gasteiger partial charge in [-0.1, -0.05) is 13.8 Å². The van der Waals surface area contributed by atoms with Crippen molar-refractivity contribution in [3.63, 3.8) is 0 Å². The molecule has 0 aromatic rings. The summed E-state index contributed by atoms with van der Waals surface area (Å²) in [4.78, 5) is 10.4. The van der Waals surface area contributed by atoms with Crippen molar-refractivity contribution in [2.24, 2.45) is 5.41 Å². The van der Waals surface area contributed by atoms with Crippen molar-refractivity contribution in [1.82, 2.24) is 0 Å². The van der Waals surface area contributed by atoms with Gasteiger partial charge in [0.15, 0.2) is 5.67 Å². The normalized spacial score (nSPS) is 41.4. The Labute approximate surface area is 83.8 Å². The molecule has 0 heterocycles. The van der Waals surface area contributed by atoms with E-state index in [0.29, 0.717) is 0 Å². The van der Waals surface area contributed by atoms with Gasteiger partial charge in [-0.25, -0.2) is 8.78 Å². The van der Waals surface area contributed by atoms with Crippen molar-refractivity contribution in [2.75, 3.05) is 6.61 Å². The average molecular weight is 257 g/mol. The molecule has 1 aliphatic rings. The predicted molar refractivity (Wildman–Crippen MR) is 47.0 cm³/mol. The van der Waals surface area contributed by atoms with Gasteiger partial charge in [-0.3, -0.25) is 4.79 Å². The zero-order valence-electron chi connectivity index (χ0n) is 7.66. The molecule has 0 radical (unpaired) electrons. The highest BCUT2D eigenvalue weighted by Gasteiger charge is 2.86. The van der Waals surface area contributed by atoms with Crippen molar-refractivity contribution in [3.05, 3.63) is 0 Å². The van der Waals surface area contributed by atoms with Gasteiger partial charge in [-0.05, 0) is 15.9 Å². The summed E-state index contributed by atoms with van der Waals surface area (Å²) in [5.74, 6) is -0.608. The minimum atomic E-state index is -2.12. The second kappa shape index (κ2) is 2.65. The van der Waals surface area contributed by atoms with E-state index in [2.05, 4.69) is 20.7 Å². The van der Waals surface area contributed by atoms with Crippen LogP contribution in [0.15, 0.2) is 0 Å². The van der Waals surface area contributed by atoms with Gasteiger partial charge in [-0.15, -0.1) is 0 Å². The first kappa shape index (κ1) is 10.9. The van der Waals surface area contributed by atoms with Gasteiger partial charge >= 0.3 is 5.97 Å². The standard InChI is InChI=1S/C8H11BrF2O2/c1-5(12)13-4-7(10)6(2,3)8(7,9)11/h4H2,1-3H3. The first-order valence-corrected chi connectivity index (χ1v) is 4.66. The fourth-order valence-corrected chi connectivity index (χ4v) is 2.10. The van der Waals surface area contributed by atoms with Crippen molar-refractivity contribution in [3.8, 4) is 0 Å². The van der Waals surface area contributed by atoms with Crippen molar-refractivity contribution < 1.29 is 18.3 Å². The lowest BCUT2D eigenvalue weighted by atomic mass is 10.1. The Bertz CT molecular complexity index is 237. The molecular weight excluding hydrogens is 246 g/mol. The van der Waals surface area contributed by atoms with E-state index in [1.165, 1.54) is 13.8 Å². The SMILES string of the molecule is CC(=O)OCC1(F)C(C)(C)C1(F)Br. The van der Waals surface area contributed by atoms with Crippen LogP contribution in [0.25, 0.3) is 0 Å². The topological polar surface area (TPSA) is 26.3 Å². The van der Waals surface area contributed by atoms with E-state index in [0.717, 1.165) is 6.92 Å². The summed E-state index contributed by atoms with van der Waals surface area (Å²) in [6.45, 7) is 3.49. The summed E-state index contributed by atoms with van der Waals surface area (Å²) in [5, 5.41) is 0. The molecule has 13 heavy (non-hydrogen) atoms. The third kappa shape index (κ3) is 1.20. The van der Waals surface area contributed by atoms with Crippen LogP contribution < -0.4 is 0 Å². The zero-order chi connectivity index (χ0) is 10.5. The van der Waals surface area contributed by atoms with Gasteiger partial charge in [0, 0.05) is 6.92 Å². The second-order valence-electron chi connectivity index (χ2n) is 3.78. The van der Waals surface area contributed by atoms with Crippen LogP contribution in [0.1, 0.15) is 20.8 Å². The molecule has 1 aliphatic carbocycles. The van der Waals surface area contributed by atoms with E-state index < -0.39 is 28.2 Å². The number of alkyl halides is 3. The van der Waals surface area contributed by atoms with E-state index in [1.807, 2.05) is 0 Å². The van der Waals surface area contributed by atoms with E-state index >= 15 is 0 Å². The monoisotopic (exact) mass is 256 g/mol. The molecule has 0 amide bonds. The minimum absolute atomic E-state index is 0.545. The van der Waals surface area contributed by atoms with Gasteiger partial charge in [-0.2, -0.15) is 0 Å². The van der Waals surface area contributed by atoms with E-state index in [1.54, 1.807) is 0 Å². The molecule has 0 spiro atoms. The van der Waals surface area contributed by atoms with Crippen LogP contribution in [0.4, 0.5) is 8.78 Å². The van der Waals surface area contributed by atoms with Gasteiger partial charge in [0.05, 0.1) is 5.41 Å². The lowest BCUT2D eigenvalue weighted by Crippen LogP contribution is -2.22. The maximum absolute atomic E-state index is 13.7. The molecule has 0 bridgehead atoms. The maximum atomic E-state index is 13.7. The summed E-state index contributed by atoms with van der Waals surface area (Å²) >= 11 is 2.65. The Morgan fingerprint density at radius 2 is 1.85 bits per heavy atom. The largest absolute Gasteiger partial charge is 0.462 e. The molecule has 1 rings (SSSR count). The summed E-state index contributed by atoms with van der Waals surface area (Å²) in [7, 11) is 0. The summed E-state index contributed by atoms with van der Waals surface area (Å²) in [6.07, 6.45) is 0. The Hall–Kier alpha value is -0.190. The highest BCUT2D eigenvalue weighted by Crippen LogP contribution is 2.73. The first-order chi connectivity index (χ1) is 5.67. The lowest BCUT2D eigenvalue weighted by molar-refractivity contribution is -0.143. The van der Waals surface area contributed by atoms with E-state index in [-0.39, 0.29) is 0 Å². The molecule has 0 aliphatic heterocycles. The number of ether oxygens (including phenoxy) is 1. The van der Waals surface area contributed by atoms with E-state index in [9.17, 15) is 13.6 Å². The molecule has 0 N–H and O–H groups in total. The summed E-state index contributed by atoms with van der Waals surface area (Å²) in [5.41, 5.74) is -3.28. The van der Waals surface area contributed by atoms with Crippen LogP contribution in [0.2, 0.25) is 0 Å². The van der Waals surface area contributed by atoms with Crippen LogP contribution in [0.5, 0.6) is 0 Å². The van der Waals surface area contributed by atoms with Gasteiger partial charge in [0.25, 0.3) is 0 Å². The molecule has 2 unspecified atom stereocenters. The number of halogens is 3. The lowest BCUT2D eigenvalue weighted by Gasteiger charge is -2.08. The minimum Gasteiger partial charge on any atom is -0.462 e. The first-order valence-electron chi connectivity index (χ1n) is 3.87. The van der Waals surface area contributed by atoms with Crippen LogP contribution in [0, 0.1) is 5.41 Å². The van der Waals surface area contributed by atoms with Crippen LogP contribution >= 0.6 is 15.9 Å². The molecule has 2 atom stereocenters. The van der Waals surface area contributed by atoms with Crippen LogP contribution in [-0.2, 0) is 9.53 Å². The quantitative estimate of drug-likeness (QED) is 0.560. The Morgan fingerprint density at radius 1 is 1.46 bits per heavy atom. The highest BCUT2D eigenvalue weighted by atomic mass is 79.9. The fourth-order valence-electron chi connectivity index (χ4n) is 1.27. The maximum Gasteiger partial charge on any atom is 0.302 e. The third-order valence-electron chi connectivity index (χ3n) is 2.69. The van der Waals surface area contributed by atoms with Crippen molar-refractivity contribution in [1.29, 1.82) is 0 Å². The molecule has 1 fully saturated rings. The fraction of sp³-hybridized carbons (Fsp3) is 0.875. The predicted octanol–water partition coefficient (Wildman–Crippen LogP) is 2.36. The Balaban J connectivity index is 2.66. The summed E-state index contributed by atoms with van der Waals surface area (Å²) in [6, 6.07) is 0. The Kier molecular flexibility index (Phi) is 2.22. The molecule has 76 valence electrons. The highest BCUT2D eigenvalue weighted by molar-refractivity contribution is 9.10. The van der Waals surface area contributed by atoms with Gasteiger partial charge in [0.2, 0.25) is 4.58 Å². The number of hydrogen-bond donors (Lipinski definition) is 0. The third-order valence-corrected chi connectivity index (χ3v) is 4.30.